The van der Waals surface area contributed by atoms with Crippen molar-refractivity contribution in [3.8, 4) is 0 Å². The molecule has 0 aromatic carbocycles. The van der Waals surface area contributed by atoms with Crippen molar-refractivity contribution in [2.75, 3.05) is 0 Å². The van der Waals surface area contributed by atoms with Crippen LogP contribution < -0.4 is 0 Å². The molecule has 1 rings (SSSR count). The standard InChI is InChI=1S/C9H18OSi.4ClH.Ti/c1-3-9(10)11(2)7-5-4-6-8-11;;;;;/h3-8H2,1-2H3;4*1H;/q;;;;;+4/p-4. The molecule has 7 heteroatoms. The van der Waals surface area contributed by atoms with Gasteiger partial charge in [0.2, 0.25) is 0 Å². The Morgan fingerprint density at radius 3 is 1.81 bits per heavy atom. The topological polar surface area (TPSA) is 17.1 Å². The van der Waals surface area contributed by atoms with E-state index in [4.69, 9.17) is 37.2 Å². The first-order chi connectivity index (χ1) is 7.19. The Kier molecular flexibility index (Phi) is 8.92. The molecule has 0 aromatic rings. The van der Waals surface area contributed by atoms with Crippen molar-refractivity contribution in [1.82, 2.24) is 0 Å². The van der Waals surface area contributed by atoms with Gasteiger partial charge in [-0.25, -0.2) is 0 Å². The normalized spacial score (nSPS) is 19.6. The molecule has 16 heavy (non-hydrogen) atoms. The first-order valence-corrected chi connectivity index (χ1v) is 17.0. The van der Waals surface area contributed by atoms with Gasteiger partial charge in [-0.1, -0.05) is 44.8 Å². The summed E-state index contributed by atoms with van der Waals surface area (Å²) in [6.45, 7) is 4.28. The second-order valence-electron chi connectivity index (χ2n) is 4.33. The fourth-order valence-corrected chi connectivity index (χ4v) is 5.76. The summed E-state index contributed by atoms with van der Waals surface area (Å²) in [5.74, 6) is 0. The summed E-state index contributed by atoms with van der Waals surface area (Å²) < 4.78 is 0. The van der Waals surface area contributed by atoms with E-state index in [1.165, 1.54) is 31.4 Å². The Balaban J connectivity index is 0.000000385. The zero-order chi connectivity index (χ0) is 12.8. The summed E-state index contributed by atoms with van der Waals surface area (Å²) >= 11 is -3.11. The van der Waals surface area contributed by atoms with Gasteiger partial charge in [0.1, 0.15) is 13.5 Å². The first kappa shape index (κ1) is 17.8. The molecular weight excluding hydrogens is 342 g/mol. The van der Waals surface area contributed by atoms with Crippen LogP contribution in [0, 0.1) is 0 Å². The molecule has 0 bridgehead atoms. The van der Waals surface area contributed by atoms with Crippen LogP contribution in [0.2, 0.25) is 18.6 Å². The predicted octanol–water partition coefficient (Wildman–Crippen LogP) is 5.52. The van der Waals surface area contributed by atoms with E-state index in [-0.39, 0.29) is 0 Å². The summed E-state index contributed by atoms with van der Waals surface area (Å²) in [4.78, 5) is 11.6. The molecule has 0 spiro atoms. The molecule has 1 nitrogen and oxygen atoms in total. The zero-order valence-corrected chi connectivity index (χ0v) is 15.2. The van der Waals surface area contributed by atoms with Gasteiger partial charge in [0.25, 0.3) is 0 Å². The van der Waals surface area contributed by atoms with Crippen LogP contribution in [0.15, 0.2) is 0 Å². The molecule has 0 radical (unpaired) electrons. The Labute approximate surface area is 118 Å². The Morgan fingerprint density at radius 2 is 1.50 bits per heavy atom. The predicted molar refractivity (Wildman–Crippen MR) is 73.8 cm³/mol. The molecule has 1 aliphatic heterocycles. The van der Waals surface area contributed by atoms with E-state index in [0.717, 1.165) is 6.42 Å². The molecule has 0 N–H and O–H groups in total. The van der Waals surface area contributed by atoms with Gasteiger partial charge in [0.15, 0.2) is 0 Å². The van der Waals surface area contributed by atoms with Gasteiger partial charge in [-0.15, -0.1) is 0 Å². The van der Waals surface area contributed by atoms with Crippen molar-refractivity contribution in [2.24, 2.45) is 0 Å². The van der Waals surface area contributed by atoms with Crippen LogP contribution in [-0.2, 0) is 17.1 Å². The fourth-order valence-electron chi connectivity index (χ4n) is 2.04. The monoisotopic (exact) mass is 358 g/mol. The van der Waals surface area contributed by atoms with Crippen molar-refractivity contribution in [3.05, 3.63) is 0 Å². The second-order valence-corrected chi connectivity index (χ2v) is 24.5. The average Bonchev–Trinajstić information content (AvgIpc) is 2.15. The molecular formula is C9H18Cl4OSiTi. The Bertz CT molecular complexity index is 220. The van der Waals surface area contributed by atoms with Crippen molar-refractivity contribution < 1.29 is 17.1 Å². The molecule has 0 aromatic heterocycles. The van der Waals surface area contributed by atoms with Gasteiger partial charge in [0.05, 0.1) is 0 Å². The van der Waals surface area contributed by atoms with Crippen molar-refractivity contribution >= 4 is 50.7 Å². The van der Waals surface area contributed by atoms with Gasteiger partial charge in [0, 0.05) is 0 Å². The third kappa shape index (κ3) is 8.79. The summed E-state index contributed by atoms with van der Waals surface area (Å²) in [6.07, 6.45) is 4.77. The molecule has 0 saturated carbocycles. The second kappa shape index (κ2) is 8.04. The number of rotatable bonds is 2. The Morgan fingerprint density at radius 1 is 1.12 bits per heavy atom. The van der Waals surface area contributed by atoms with Gasteiger partial charge >= 0.3 is 49.6 Å². The molecule has 96 valence electrons. The summed E-state index contributed by atoms with van der Waals surface area (Å²) in [7, 11) is 18.7. The van der Waals surface area contributed by atoms with Crippen LogP contribution >= 0.6 is 37.2 Å². The van der Waals surface area contributed by atoms with E-state index in [0.29, 0.717) is 5.41 Å². The van der Waals surface area contributed by atoms with E-state index in [1.54, 1.807) is 0 Å². The van der Waals surface area contributed by atoms with Crippen LogP contribution in [0.1, 0.15) is 32.6 Å². The van der Waals surface area contributed by atoms with Gasteiger partial charge in [-0.2, -0.15) is 0 Å². The van der Waals surface area contributed by atoms with Gasteiger partial charge in [-0.05, 0) is 6.42 Å². The first-order valence-electron chi connectivity index (χ1n) is 5.48. The van der Waals surface area contributed by atoms with Crippen LogP contribution in [-0.4, -0.2) is 13.5 Å². The van der Waals surface area contributed by atoms with Gasteiger partial charge in [-0.3, -0.25) is 0 Å². The minimum absolute atomic E-state index is 0.609. The molecule has 1 fully saturated rings. The van der Waals surface area contributed by atoms with E-state index >= 15 is 0 Å². The zero-order valence-electron chi connectivity index (χ0n) is 9.66. The van der Waals surface area contributed by atoms with Crippen LogP contribution in [0.4, 0.5) is 0 Å². The van der Waals surface area contributed by atoms with Crippen molar-refractivity contribution in [2.45, 2.75) is 51.2 Å². The molecule has 1 heterocycles. The number of hydrogen-bond donors (Lipinski definition) is 0. The van der Waals surface area contributed by atoms with Crippen molar-refractivity contribution in [1.29, 1.82) is 0 Å². The third-order valence-electron chi connectivity index (χ3n) is 2.95. The van der Waals surface area contributed by atoms with E-state index < -0.39 is 20.4 Å². The summed E-state index contributed by atoms with van der Waals surface area (Å²) in [6, 6.07) is 2.53. The molecule has 0 aliphatic carbocycles. The minimum atomic E-state index is -3.11. The third-order valence-corrected chi connectivity index (χ3v) is 7.57. The summed E-state index contributed by atoms with van der Waals surface area (Å²) in [5.41, 5.74) is 0. The maximum atomic E-state index is 11.6. The van der Waals surface area contributed by atoms with E-state index in [9.17, 15) is 4.79 Å². The van der Waals surface area contributed by atoms with Gasteiger partial charge < -0.3 is 4.79 Å². The fraction of sp³-hybridized carbons (Fsp3) is 0.889. The SMILES string of the molecule is CCC(=O)[Si]1(C)CCCCC1.[Cl][Ti]([Cl])([Cl])[Cl]. The Hall–Kier alpha value is 1.76. The van der Waals surface area contributed by atoms with Crippen LogP contribution in [0.5, 0.6) is 0 Å². The quantitative estimate of drug-likeness (QED) is 0.593. The van der Waals surface area contributed by atoms with Crippen molar-refractivity contribution in [3.63, 3.8) is 0 Å². The molecule has 0 amide bonds. The molecule has 1 saturated heterocycles. The number of hydrogen-bond acceptors (Lipinski definition) is 1. The summed E-state index contributed by atoms with van der Waals surface area (Å²) in [5, 5.41) is 0.609. The molecule has 0 unspecified atom stereocenters. The molecule has 1 aliphatic rings. The van der Waals surface area contributed by atoms with Crippen LogP contribution in [0.25, 0.3) is 0 Å². The number of carbonyl (C=O) groups excluding carboxylic acids is 1. The average molecular weight is 360 g/mol. The number of halogens is 4. The number of carbonyl (C=O) groups is 1. The van der Waals surface area contributed by atoms with Crippen LogP contribution in [0.3, 0.4) is 0 Å². The molecule has 0 atom stereocenters. The van der Waals surface area contributed by atoms with E-state index in [1.807, 2.05) is 6.92 Å². The maximum absolute atomic E-state index is 11.6. The van der Waals surface area contributed by atoms with E-state index in [2.05, 4.69) is 6.55 Å².